The third-order valence-electron chi connectivity index (χ3n) is 16.5. The fourth-order valence-electron chi connectivity index (χ4n) is 10.7. The highest BCUT2D eigenvalue weighted by Gasteiger charge is 2.30. The number of carbonyl (C=O) groups is 4. The topological polar surface area (TPSA) is 237 Å². The fraction of sp³-hybridized carbons (Fsp3) is 0.890. The number of aliphatic hydroxyl groups is 1. The summed E-state index contributed by atoms with van der Waals surface area (Å²) in [6.45, 7) is 4.87. The Bertz CT molecular complexity index is 1850. The van der Waals surface area contributed by atoms with Crippen LogP contribution >= 0.6 is 15.6 Å². The van der Waals surface area contributed by atoms with Crippen LogP contribution < -0.4 is 0 Å². The zero-order valence-electron chi connectivity index (χ0n) is 59.0. The van der Waals surface area contributed by atoms with Gasteiger partial charge in [-0.05, 0) is 51.4 Å². The molecule has 92 heavy (non-hydrogen) atoms. The molecule has 0 saturated heterocycles. The molecule has 0 fully saturated rings. The molecule has 0 aromatic rings. The van der Waals surface area contributed by atoms with Gasteiger partial charge in [-0.15, -0.1) is 0 Å². The van der Waals surface area contributed by atoms with Crippen LogP contribution in [0.1, 0.15) is 362 Å². The van der Waals surface area contributed by atoms with Crippen molar-refractivity contribution >= 4 is 39.5 Å². The Morgan fingerprint density at radius 1 is 0.304 bits per heavy atom. The van der Waals surface area contributed by atoms with Crippen molar-refractivity contribution in [3.63, 3.8) is 0 Å². The van der Waals surface area contributed by atoms with Gasteiger partial charge in [0, 0.05) is 25.7 Å². The second kappa shape index (κ2) is 67.1. The maximum Gasteiger partial charge on any atom is 0.472 e. The third kappa shape index (κ3) is 66.2. The van der Waals surface area contributed by atoms with Crippen LogP contribution in [0.15, 0.2) is 24.3 Å². The molecule has 0 saturated carbocycles. The van der Waals surface area contributed by atoms with Gasteiger partial charge in [-0.3, -0.25) is 37.3 Å². The monoisotopic (exact) mass is 1350 g/mol. The molecule has 0 aliphatic heterocycles. The Morgan fingerprint density at radius 3 is 0.793 bits per heavy atom. The molecule has 3 N–H and O–H groups in total. The molecule has 0 bridgehead atoms. The number of hydrogen-bond acceptors (Lipinski definition) is 15. The van der Waals surface area contributed by atoms with Gasteiger partial charge in [0.25, 0.3) is 0 Å². The first-order chi connectivity index (χ1) is 44.7. The van der Waals surface area contributed by atoms with Gasteiger partial charge in [0.05, 0.1) is 26.4 Å². The fourth-order valence-corrected chi connectivity index (χ4v) is 12.3. The molecular weight excluding hydrogens is 1210 g/mol. The van der Waals surface area contributed by atoms with Crippen LogP contribution in [0.4, 0.5) is 0 Å². The smallest absolute Gasteiger partial charge is 0.462 e. The quantitative estimate of drug-likeness (QED) is 0.0169. The first kappa shape index (κ1) is 89.5. The SMILES string of the molecule is CCCCCC/C=C\C=C/CCCCCCCC(=O)OC[C@H](COP(=O)(O)OC[C@@H](O)COP(=O)(O)OC[C@@H](COC(=O)CCCCCCCCCC)OC(=O)CCCCCCCCCCCCC)OC(=O)CCCCCCCCCCCCCCCCCCCC. The summed E-state index contributed by atoms with van der Waals surface area (Å²) in [5.41, 5.74) is 0. The van der Waals surface area contributed by atoms with Crippen LogP contribution in [-0.2, 0) is 65.4 Å². The summed E-state index contributed by atoms with van der Waals surface area (Å²) >= 11 is 0. The van der Waals surface area contributed by atoms with Crippen LogP contribution in [0.25, 0.3) is 0 Å². The predicted molar refractivity (Wildman–Crippen MR) is 372 cm³/mol. The summed E-state index contributed by atoms with van der Waals surface area (Å²) in [5.74, 6) is -2.15. The van der Waals surface area contributed by atoms with Crippen LogP contribution in [0.3, 0.4) is 0 Å². The lowest BCUT2D eigenvalue weighted by Crippen LogP contribution is -2.30. The second-order valence-electron chi connectivity index (χ2n) is 25.6. The van der Waals surface area contributed by atoms with Crippen molar-refractivity contribution < 1.29 is 80.2 Å². The lowest BCUT2D eigenvalue weighted by Gasteiger charge is -2.21. The van der Waals surface area contributed by atoms with E-state index in [-0.39, 0.29) is 25.7 Å². The maximum atomic E-state index is 13.0. The van der Waals surface area contributed by atoms with E-state index >= 15 is 0 Å². The summed E-state index contributed by atoms with van der Waals surface area (Å²) < 4.78 is 68.3. The van der Waals surface area contributed by atoms with Gasteiger partial charge in [0.15, 0.2) is 12.2 Å². The Morgan fingerprint density at radius 2 is 0.522 bits per heavy atom. The third-order valence-corrected chi connectivity index (χ3v) is 18.4. The van der Waals surface area contributed by atoms with Crippen LogP contribution in [-0.4, -0.2) is 96.7 Å². The van der Waals surface area contributed by atoms with E-state index in [0.717, 1.165) is 116 Å². The van der Waals surface area contributed by atoms with E-state index in [1.165, 1.54) is 167 Å². The number of aliphatic hydroxyl groups excluding tert-OH is 1. The second-order valence-corrected chi connectivity index (χ2v) is 28.6. The summed E-state index contributed by atoms with van der Waals surface area (Å²) in [5, 5.41) is 10.6. The molecule has 19 heteroatoms. The molecule has 0 aromatic heterocycles. The number of phosphoric acid groups is 2. The molecule has 0 radical (unpaired) electrons. The van der Waals surface area contributed by atoms with E-state index in [0.29, 0.717) is 25.7 Å². The Labute approximate surface area is 561 Å². The summed E-state index contributed by atoms with van der Waals surface area (Å²) in [6, 6.07) is 0. The van der Waals surface area contributed by atoms with E-state index in [2.05, 4.69) is 52.0 Å². The molecule has 2 unspecified atom stereocenters. The standard InChI is InChI=1S/C73H138O17P2/c1-5-9-13-17-21-25-28-30-32-33-34-36-38-41-44-48-52-56-60-73(78)90-69(64-84-71(76)58-54-50-46-42-40-37-35-31-29-26-22-18-14-10-6-2)66-88-92(81,82)86-62-67(74)61-85-91(79,80)87-65-68(63-83-70(75)57-53-49-45-24-20-16-12-8-4)89-72(77)59-55-51-47-43-39-27-23-19-15-11-7-3/h26,29,31,35,67-69,74H,5-25,27-28,30,32-34,36-66H2,1-4H3,(H,79,80)(H,81,82)/b29-26-,35-31-/t67-,68+,69+/m0/s1. The Hall–Kier alpha value is -2.46. The molecule has 0 aliphatic carbocycles. The molecule has 542 valence electrons. The maximum absolute atomic E-state index is 13.0. The number of esters is 4. The minimum atomic E-state index is -4.96. The van der Waals surface area contributed by atoms with Gasteiger partial charge in [-0.25, -0.2) is 9.13 Å². The normalized spacial score (nSPS) is 14.1. The molecule has 0 heterocycles. The first-order valence-corrected chi connectivity index (χ1v) is 40.6. The molecule has 0 aromatic carbocycles. The van der Waals surface area contributed by atoms with E-state index in [4.69, 9.17) is 37.0 Å². The summed E-state index contributed by atoms with van der Waals surface area (Å²) in [6.07, 6.45) is 59.1. The Balaban J connectivity index is 5.24. The van der Waals surface area contributed by atoms with Crippen molar-refractivity contribution in [3.8, 4) is 0 Å². The molecule has 0 rings (SSSR count). The highest BCUT2D eigenvalue weighted by atomic mass is 31.2. The summed E-state index contributed by atoms with van der Waals surface area (Å²) in [4.78, 5) is 72.5. The number of carbonyl (C=O) groups excluding carboxylic acids is 4. The average molecular weight is 1350 g/mol. The average Bonchev–Trinajstić information content (AvgIpc) is 3.22. The molecular formula is C73H138O17P2. The first-order valence-electron chi connectivity index (χ1n) is 37.6. The number of hydrogen-bond donors (Lipinski definition) is 3. The van der Waals surface area contributed by atoms with Crippen LogP contribution in [0.2, 0.25) is 0 Å². The van der Waals surface area contributed by atoms with Crippen LogP contribution in [0.5, 0.6) is 0 Å². The zero-order valence-corrected chi connectivity index (χ0v) is 60.8. The number of ether oxygens (including phenoxy) is 4. The van der Waals surface area contributed by atoms with Crippen molar-refractivity contribution in [1.29, 1.82) is 0 Å². The van der Waals surface area contributed by atoms with Crippen molar-refractivity contribution in [1.82, 2.24) is 0 Å². The molecule has 0 aliphatic rings. The number of rotatable bonds is 72. The van der Waals surface area contributed by atoms with E-state index in [1.807, 2.05) is 0 Å². The number of phosphoric ester groups is 2. The molecule has 5 atom stereocenters. The lowest BCUT2D eigenvalue weighted by atomic mass is 10.0. The number of unbranched alkanes of at least 4 members (excludes halogenated alkanes) is 43. The minimum absolute atomic E-state index is 0.102. The van der Waals surface area contributed by atoms with Gasteiger partial charge >= 0.3 is 39.5 Å². The van der Waals surface area contributed by atoms with E-state index < -0.39 is 97.5 Å². The molecule has 17 nitrogen and oxygen atoms in total. The predicted octanol–water partition coefficient (Wildman–Crippen LogP) is 21.0. The highest BCUT2D eigenvalue weighted by molar-refractivity contribution is 7.47. The van der Waals surface area contributed by atoms with Crippen molar-refractivity contribution in [2.45, 2.75) is 380 Å². The highest BCUT2D eigenvalue weighted by Crippen LogP contribution is 2.45. The van der Waals surface area contributed by atoms with Crippen molar-refractivity contribution in [3.05, 3.63) is 24.3 Å². The van der Waals surface area contributed by atoms with Gasteiger partial charge in [-0.1, -0.05) is 309 Å². The minimum Gasteiger partial charge on any atom is -0.462 e. The van der Waals surface area contributed by atoms with Crippen LogP contribution in [0, 0.1) is 0 Å². The van der Waals surface area contributed by atoms with Gasteiger partial charge in [-0.2, -0.15) is 0 Å². The van der Waals surface area contributed by atoms with E-state index in [1.54, 1.807) is 0 Å². The Kier molecular flexibility index (Phi) is 65.3. The van der Waals surface area contributed by atoms with Gasteiger partial charge in [0.1, 0.15) is 19.3 Å². The van der Waals surface area contributed by atoms with Crippen molar-refractivity contribution in [2.75, 3.05) is 39.6 Å². The van der Waals surface area contributed by atoms with Gasteiger partial charge in [0.2, 0.25) is 0 Å². The van der Waals surface area contributed by atoms with E-state index in [9.17, 15) is 43.2 Å². The number of allylic oxidation sites excluding steroid dienone is 4. The van der Waals surface area contributed by atoms with Gasteiger partial charge < -0.3 is 33.8 Å². The van der Waals surface area contributed by atoms with Crippen molar-refractivity contribution in [2.24, 2.45) is 0 Å². The molecule has 0 spiro atoms. The summed E-state index contributed by atoms with van der Waals surface area (Å²) in [7, 11) is -9.91. The zero-order chi connectivity index (χ0) is 67.5. The molecule has 0 amide bonds. The largest absolute Gasteiger partial charge is 0.472 e. The lowest BCUT2D eigenvalue weighted by molar-refractivity contribution is -0.161.